The van der Waals surface area contributed by atoms with Crippen LogP contribution in [-0.2, 0) is 16.4 Å². The van der Waals surface area contributed by atoms with Crippen molar-refractivity contribution in [1.82, 2.24) is 15.0 Å². The van der Waals surface area contributed by atoms with E-state index in [0.29, 0.717) is 18.5 Å². The number of nitrogens with one attached hydrogen (secondary N) is 2. The molecule has 28 heavy (non-hydrogen) atoms. The minimum atomic E-state index is -3.61. The maximum atomic E-state index is 12.4. The molecule has 0 saturated heterocycles. The fraction of sp³-hybridized carbons (Fsp3) is 0.200. The van der Waals surface area contributed by atoms with Gasteiger partial charge in [-0.1, -0.05) is 12.1 Å². The Morgan fingerprint density at radius 2 is 1.93 bits per heavy atom. The van der Waals surface area contributed by atoms with Crippen molar-refractivity contribution in [1.29, 1.82) is 0 Å². The summed E-state index contributed by atoms with van der Waals surface area (Å²) in [4.78, 5) is 17.7. The van der Waals surface area contributed by atoms with E-state index in [9.17, 15) is 13.2 Å². The molecule has 0 unspecified atom stereocenters. The molecular weight excluding hydrogens is 394 g/mol. The molecule has 8 heteroatoms. The summed E-state index contributed by atoms with van der Waals surface area (Å²) in [7, 11) is -3.61. The minimum Gasteiger partial charge on any atom is -0.345 e. The fourth-order valence-electron chi connectivity index (χ4n) is 2.63. The topological polar surface area (TPSA) is 88.2 Å². The average molecular weight is 416 g/mol. The second-order valence-electron chi connectivity index (χ2n) is 6.23. The highest BCUT2D eigenvalue weighted by Crippen LogP contribution is 2.14. The van der Waals surface area contributed by atoms with Gasteiger partial charge in [0, 0.05) is 29.4 Å². The van der Waals surface area contributed by atoms with E-state index in [1.807, 2.05) is 36.6 Å². The number of nitrogens with zero attached hydrogens (tertiary/aromatic N) is 1. The van der Waals surface area contributed by atoms with E-state index in [0.717, 1.165) is 10.4 Å². The van der Waals surface area contributed by atoms with E-state index in [1.165, 1.54) is 24.3 Å². The molecule has 3 rings (SSSR count). The first-order chi connectivity index (χ1) is 13.5. The first-order valence-corrected chi connectivity index (χ1v) is 11.1. The monoisotopic (exact) mass is 415 g/mol. The SMILES string of the molecule is C[C@H](NC(=O)c1ccc(S(=O)(=O)NCCc2cccs2)cc1)c1cccnc1. The second kappa shape index (κ2) is 9.09. The molecule has 0 radical (unpaired) electrons. The minimum absolute atomic E-state index is 0.135. The van der Waals surface area contributed by atoms with Gasteiger partial charge in [-0.2, -0.15) is 0 Å². The Kier molecular flexibility index (Phi) is 6.56. The molecular formula is C20H21N3O3S2. The molecule has 0 bridgehead atoms. The van der Waals surface area contributed by atoms with Crippen molar-refractivity contribution in [2.75, 3.05) is 6.54 Å². The lowest BCUT2D eigenvalue weighted by atomic mass is 10.1. The number of hydrogen-bond donors (Lipinski definition) is 2. The van der Waals surface area contributed by atoms with Crippen LogP contribution < -0.4 is 10.0 Å². The fourth-order valence-corrected chi connectivity index (χ4v) is 4.37. The zero-order valence-corrected chi connectivity index (χ0v) is 17.0. The predicted octanol–water partition coefficient (Wildman–Crippen LogP) is 3.16. The van der Waals surface area contributed by atoms with Gasteiger partial charge in [0.2, 0.25) is 10.0 Å². The van der Waals surface area contributed by atoms with Crippen molar-refractivity contribution in [3.8, 4) is 0 Å². The summed E-state index contributed by atoms with van der Waals surface area (Å²) in [5.41, 5.74) is 1.29. The Balaban J connectivity index is 1.59. The van der Waals surface area contributed by atoms with Crippen molar-refractivity contribution < 1.29 is 13.2 Å². The summed E-state index contributed by atoms with van der Waals surface area (Å²) in [6.07, 6.45) is 4.01. The first-order valence-electron chi connectivity index (χ1n) is 8.78. The lowest BCUT2D eigenvalue weighted by Gasteiger charge is -2.14. The maximum Gasteiger partial charge on any atom is 0.251 e. The summed E-state index contributed by atoms with van der Waals surface area (Å²) >= 11 is 1.59. The van der Waals surface area contributed by atoms with Gasteiger partial charge in [0.1, 0.15) is 0 Å². The van der Waals surface area contributed by atoms with Crippen LogP contribution in [0.4, 0.5) is 0 Å². The van der Waals surface area contributed by atoms with Gasteiger partial charge < -0.3 is 5.32 Å². The Labute approximate surface area is 168 Å². The summed E-state index contributed by atoms with van der Waals surface area (Å²) in [5.74, 6) is -0.272. The average Bonchev–Trinajstić information content (AvgIpc) is 3.22. The molecule has 0 aliphatic heterocycles. The molecule has 0 aliphatic carbocycles. The van der Waals surface area contributed by atoms with E-state index in [-0.39, 0.29) is 16.8 Å². The number of hydrogen-bond acceptors (Lipinski definition) is 5. The summed E-state index contributed by atoms with van der Waals surface area (Å²) in [6, 6.07) is 13.3. The third-order valence-electron chi connectivity index (χ3n) is 4.20. The molecule has 3 aromatic rings. The molecule has 2 aromatic heterocycles. The normalized spacial score (nSPS) is 12.5. The number of carbonyl (C=O) groups excluding carboxylic acids is 1. The Hall–Kier alpha value is -2.55. The number of aromatic nitrogens is 1. The molecule has 0 saturated carbocycles. The molecule has 1 amide bonds. The van der Waals surface area contributed by atoms with Crippen LogP contribution in [-0.4, -0.2) is 25.9 Å². The Bertz CT molecular complexity index is 1000. The number of carbonyl (C=O) groups is 1. The van der Waals surface area contributed by atoms with Crippen LogP contribution in [0.1, 0.15) is 33.8 Å². The second-order valence-corrected chi connectivity index (χ2v) is 9.03. The van der Waals surface area contributed by atoms with Crippen molar-refractivity contribution in [2.45, 2.75) is 24.3 Å². The summed E-state index contributed by atoms with van der Waals surface area (Å²) in [5, 5.41) is 4.84. The number of benzene rings is 1. The molecule has 6 nitrogen and oxygen atoms in total. The number of amides is 1. The van der Waals surface area contributed by atoms with Gasteiger partial charge in [0.15, 0.2) is 0 Å². The molecule has 0 fully saturated rings. The predicted molar refractivity (Wildman–Crippen MR) is 110 cm³/mol. The third-order valence-corrected chi connectivity index (χ3v) is 6.62. The van der Waals surface area contributed by atoms with Crippen LogP contribution in [0.2, 0.25) is 0 Å². The smallest absolute Gasteiger partial charge is 0.251 e. The van der Waals surface area contributed by atoms with Gasteiger partial charge in [-0.3, -0.25) is 9.78 Å². The lowest BCUT2D eigenvalue weighted by molar-refractivity contribution is 0.0939. The van der Waals surface area contributed by atoms with Crippen LogP contribution in [0.15, 0.2) is 71.2 Å². The van der Waals surface area contributed by atoms with Gasteiger partial charge in [0.05, 0.1) is 10.9 Å². The standard InChI is InChI=1S/C20H21N3O3S2/c1-15(17-4-2-11-21-14-17)23-20(24)16-6-8-19(9-7-16)28(25,26)22-12-10-18-5-3-13-27-18/h2-9,11,13-15,22H,10,12H2,1H3,(H,23,24)/t15-/m0/s1. The van der Waals surface area contributed by atoms with Gasteiger partial charge in [-0.15, -0.1) is 11.3 Å². The number of sulfonamides is 1. The van der Waals surface area contributed by atoms with E-state index in [4.69, 9.17) is 0 Å². The number of pyridine rings is 1. The third kappa shape index (κ3) is 5.25. The van der Waals surface area contributed by atoms with E-state index in [1.54, 1.807) is 23.7 Å². The van der Waals surface area contributed by atoms with E-state index >= 15 is 0 Å². The highest BCUT2D eigenvalue weighted by molar-refractivity contribution is 7.89. The molecule has 146 valence electrons. The summed E-state index contributed by atoms with van der Waals surface area (Å²) in [6.45, 7) is 2.19. The molecule has 1 atom stereocenters. The van der Waals surface area contributed by atoms with Crippen molar-refractivity contribution in [3.63, 3.8) is 0 Å². The summed E-state index contributed by atoms with van der Waals surface area (Å²) < 4.78 is 27.4. The lowest BCUT2D eigenvalue weighted by Crippen LogP contribution is -2.27. The first kappa shape index (κ1) is 20.2. The zero-order valence-electron chi connectivity index (χ0n) is 15.3. The van der Waals surface area contributed by atoms with Gasteiger partial charge in [-0.25, -0.2) is 13.1 Å². The maximum absolute atomic E-state index is 12.4. The van der Waals surface area contributed by atoms with Crippen LogP contribution in [0.5, 0.6) is 0 Å². The molecule has 2 N–H and O–H groups in total. The van der Waals surface area contributed by atoms with Gasteiger partial charge in [-0.05, 0) is 60.7 Å². The van der Waals surface area contributed by atoms with Crippen LogP contribution in [0.3, 0.4) is 0 Å². The van der Waals surface area contributed by atoms with Crippen LogP contribution in [0, 0.1) is 0 Å². The highest BCUT2D eigenvalue weighted by Gasteiger charge is 2.16. The Morgan fingerprint density at radius 3 is 2.57 bits per heavy atom. The van der Waals surface area contributed by atoms with Crippen LogP contribution in [0.25, 0.3) is 0 Å². The zero-order chi connectivity index (χ0) is 20.0. The number of rotatable bonds is 8. The van der Waals surface area contributed by atoms with E-state index < -0.39 is 10.0 Å². The van der Waals surface area contributed by atoms with Crippen molar-refractivity contribution >= 4 is 27.3 Å². The highest BCUT2D eigenvalue weighted by atomic mass is 32.2. The van der Waals surface area contributed by atoms with Crippen LogP contribution >= 0.6 is 11.3 Å². The quantitative estimate of drug-likeness (QED) is 0.592. The molecule has 0 spiro atoms. The van der Waals surface area contributed by atoms with Crippen molar-refractivity contribution in [3.05, 3.63) is 82.3 Å². The van der Waals surface area contributed by atoms with Gasteiger partial charge in [0.25, 0.3) is 5.91 Å². The molecule has 2 heterocycles. The van der Waals surface area contributed by atoms with Crippen molar-refractivity contribution in [2.24, 2.45) is 0 Å². The number of thiophene rings is 1. The Morgan fingerprint density at radius 1 is 1.14 bits per heavy atom. The molecule has 0 aliphatic rings. The van der Waals surface area contributed by atoms with E-state index in [2.05, 4.69) is 15.0 Å². The van der Waals surface area contributed by atoms with Gasteiger partial charge >= 0.3 is 0 Å². The largest absolute Gasteiger partial charge is 0.345 e. The molecule has 1 aromatic carbocycles.